The molecule has 3 aromatic rings. The number of nitrogens with zero attached hydrogens (tertiary/aromatic N) is 2. The Labute approximate surface area is 276 Å². The predicted molar refractivity (Wildman–Crippen MR) is 182 cm³/mol. The highest BCUT2D eigenvalue weighted by molar-refractivity contribution is 6.30. The molecule has 46 heavy (non-hydrogen) atoms. The van der Waals surface area contributed by atoms with Gasteiger partial charge >= 0.3 is 0 Å². The molecule has 3 amide bonds. The maximum atomic E-state index is 14.0. The molecule has 242 valence electrons. The average Bonchev–Trinajstić information content (AvgIpc) is 3.11. The summed E-state index contributed by atoms with van der Waals surface area (Å²) in [6.45, 7) is 3.53. The standard InChI is InChI=1S/C37H44ClN5O3/c38-30-16-14-26(15-17-30)22-33(41-36(45)32-23-28-10-4-5-11-29(28)25-39-32)37(46)43-20-18-42(19-21-43)34-13-7-6-12-31(34)35(44)40-24-27-8-2-1-3-9-27/h4-7,10-17,27,32-33,39H,1-3,8-9,18-25H2,(H,40,44)(H,41,45). The second-order valence-corrected chi connectivity index (χ2v) is 13.3. The first-order valence-electron chi connectivity index (χ1n) is 16.7. The second-order valence-electron chi connectivity index (χ2n) is 12.8. The Hall–Kier alpha value is -3.88. The van der Waals surface area contributed by atoms with E-state index in [9.17, 15) is 14.4 Å². The zero-order valence-electron chi connectivity index (χ0n) is 26.3. The Morgan fingerprint density at radius 3 is 2.30 bits per heavy atom. The van der Waals surface area contributed by atoms with E-state index >= 15 is 0 Å². The molecular formula is C37H44ClN5O3. The van der Waals surface area contributed by atoms with Crippen molar-refractivity contribution >= 4 is 35.0 Å². The lowest BCUT2D eigenvalue weighted by molar-refractivity contribution is -0.137. The van der Waals surface area contributed by atoms with Crippen LogP contribution in [0, 0.1) is 5.92 Å². The minimum atomic E-state index is -0.711. The third-order valence-electron chi connectivity index (χ3n) is 9.72. The van der Waals surface area contributed by atoms with Crippen molar-refractivity contribution in [2.24, 2.45) is 5.92 Å². The number of para-hydroxylation sites is 1. The quantitative estimate of drug-likeness (QED) is 0.314. The van der Waals surface area contributed by atoms with Crippen molar-refractivity contribution in [3.8, 4) is 0 Å². The number of nitrogens with one attached hydrogen (secondary N) is 3. The monoisotopic (exact) mass is 641 g/mol. The van der Waals surface area contributed by atoms with Crippen LogP contribution in [0.15, 0.2) is 72.8 Å². The Kier molecular flexibility index (Phi) is 10.6. The molecule has 2 fully saturated rings. The van der Waals surface area contributed by atoms with Crippen LogP contribution in [0.3, 0.4) is 0 Å². The molecule has 0 bridgehead atoms. The van der Waals surface area contributed by atoms with Gasteiger partial charge in [-0.3, -0.25) is 14.4 Å². The molecule has 1 saturated carbocycles. The lowest BCUT2D eigenvalue weighted by Crippen LogP contribution is -2.58. The number of benzene rings is 3. The highest BCUT2D eigenvalue weighted by Gasteiger charge is 2.32. The summed E-state index contributed by atoms with van der Waals surface area (Å²) in [6, 6.07) is 22.2. The van der Waals surface area contributed by atoms with E-state index in [0.29, 0.717) is 62.1 Å². The van der Waals surface area contributed by atoms with Gasteiger partial charge in [0.25, 0.3) is 5.91 Å². The molecule has 0 radical (unpaired) electrons. The largest absolute Gasteiger partial charge is 0.367 e. The highest BCUT2D eigenvalue weighted by Crippen LogP contribution is 2.25. The molecule has 2 aliphatic heterocycles. The molecule has 9 heteroatoms. The van der Waals surface area contributed by atoms with Crippen LogP contribution >= 0.6 is 11.6 Å². The normalized spacial score (nSPS) is 19.2. The fourth-order valence-corrected chi connectivity index (χ4v) is 7.15. The topological polar surface area (TPSA) is 93.8 Å². The van der Waals surface area contributed by atoms with Gasteiger partial charge in [-0.15, -0.1) is 0 Å². The molecular weight excluding hydrogens is 598 g/mol. The fraction of sp³-hybridized carbons (Fsp3) is 0.432. The SMILES string of the molecule is O=C(NCC1CCCCC1)c1ccccc1N1CCN(C(=O)C(Cc2ccc(Cl)cc2)NC(=O)C2Cc3ccccc3CN2)CC1. The van der Waals surface area contributed by atoms with Crippen LogP contribution in [-0.2, 0) is 29.0 Å². The van der Waals surface area contributed by atoms with Crippen molar-refractivity contribution in [2.45, 2.75) is 63.6 Å². The van der Waals surface area contributed by atoms with Crippen LogP contribution in [0.5, 0.6) is 0 Å². The lowest BCUT2D eigenvalue weighted by atomic mass is 9.89. The summed E-state index contributed by atoms with van der Waals surface area (Å²) in [7, 11) is 0. The Bertz CT molecular complexity index is 1520. The van der Waals surface area contributed by atoms with Crippen LogP contribution in [-0.4, -0.2) is 67.4 Å². The van der Waals surface area contributed by atoms with Gasteiger partial charge in [0.2, 0.25) is 11.8 Å². The van der Waals surface area contributed by atoms with Crippen LogP contribution in [0.25, 0.3) is 0 Å². The first-order chi connectivity index (χ1) is 22.4. The van der Waals surface area contributed by atoms with Crippen molar-refractivity contribution in [3.63, 3.8) is 0 Å². The number of hydrogen-bond acceptors (Lipinski definition) is 5. The Morgan fingerprint density at radius 2 is 1.54 bits per heavy atom. The summed E-state index contributed by atoms with van der Waals surface area (Å²) < 4.78 is 0. The molecule has 3 aromatic carbocycles. The molecule has 1 aliphatic carbocycles. The van der Waals surface area contributed by atoms with E-state index in [1.807, 2.05) is 53.4 Å². The molecule has 2 heterocycles. The number of carbonyl (C=O) groups is 3. The maximum absolute atomic E-state index is 14.0. The first-order valence-corrected chi connectivity index (χ1v) is 17.1. The number of amides is 3. The number of hydrogen-bond donors (Lipinski definition) is 3. The van der Waals surface area contributed by atoms with Gasteiger partial charge in [0.1, 0.15) is 6.04 Å². The van der Waals surface area contributed by atoms with Crippen molar-refractivity contribution < 1.29 is 14.4 Å². The van der Waals surface area contributed by atoms with E-state index in [2.05, 4.69) is 33.0 Å². The predicted octanol–water partition coefficient (Wildman–Crippen LogP) is 4.74. The third kappa shape index (κ3) is 7.91. The van der Waals surface area contributed by atoms with Crippen LogP contribution in [0.4, 0.5) is 5.69 Å². The second kappa shape index (κ2) is 15.1. The number of halogens is 1. The van der Waals surface area contributed by atoms with Crippen LogP contribution in [0.1, 0.15) is 59.2 Å². The average molecular weight is 642 g/mol. The minimum absolute atomic E-state index is 0.0376. The van der Waals surface area contributed by atoms with Gasteiger partial charge in [0, 0.05) is 56.4 Å². The van der Waals surface area contributed by atoms with E-state index in [1.54, 1.807) is 12.1 Å². The zero-order chi connectivity index (χ0) is 31.9. The maximum Gasteiger partial charge on any atom is 0.253 e. The van der Waals surface area contributed by atoms with Gasteiger partial charge in [-0.25, -0.2) is 0 Å². The van der Waals surface area contributed by atoms with Crippen LogP contribution in [0.2, 0.25) is 5.02 Å². The summed E-state index contributed by atoms with van der Waals surface area (Å²) in [4.78, 5) is 44.8. The van der Waals surface area contributed by atoms with Gasteiger partial charge in [0.15, 0.2) is 0 Å². The summed E-state index contributed by atoms with van der Waals surface area (Å²) in [6.07, 6.45) is 7.10. The first kappa shape index (κ1) is 32.1. The van der Waals surface area contributed by atoms with E-state index in [1.165, 1.54) is 37.7 Å². The van der Waals surface area contributed by atoms with Gasteiger partial charge in [-0.2, -0.15) is 0 Å². The summed E-state index contributed by atoms with van der Waals surface area (Å²) >= 11 is 6.12. The Balaban J connectivity index is 1.10. The number of piperazine rings is 1. The molecule has 2 atom stereocenters. The van der Waals surface area contributed by atoms with Crippen molar-refractivity contribution in [3.05, 3.63) is 100 Å². The van der Waals surface area contributed by atoms with E-state index in [4.69, 9.17) is 11.6 Å². The van der Waals surface area contributed by atoms with Crippen molar-refractivity contribution in [1.82, 2.24) is 20.9 Å². The number of rotatable bonds is 9. The molecule has 3 aliphatic rings. The molecule has 8 nitrogen and oxygen atoms in total. The van der Waals surface area contributed by atoms with Gasteiger partial charge < -0.3 is 25.8 Å². The fourth-order valence-electron chi connectivity index (χ4n) is 7.02. The number of carbonyl (C=O) groups excluding carboxylic acids is 3. The molecule has 6 rings (SSSR count). The summed E-state index contributed by atoms with van der Waals surface area (Å²) in [5.74, 6) is 0.251. The molecule has 2 unspecified atom stereocenters. The molecule has 3 N–H and O–H groups in total. The van der Waals surface area contributed by atoms with Crippen molar-refractivity contribution in [2.75, 3.05) is 37.6 Å². The molecule has 1 saturated heterocycles. The van der Waals surface area contributed by atoms with E-state index in [-0.39, 0.29) is 17.7 Å². The third-order valence-corrected chi connectivity index (χ3v) is 9.97. The zero-order valence-corrected chi connectivity index (χ0v) is 27.1. The molecule has 0 spiro atoms. The molecule has 0 aromatic heterocycles. The summed E-state index contributed by atoms with van der Waals surface area (Å²) in [5, 5.41) is 10.2. The highest BCUT2D eigenvalue weighted by atomic mass is 35.5. The minimum Gasteiger partial charge on any atom is -0.367 e. The number of fused-ring (bicyclic) bond motifs is 1. The smallest absolute Gasteiger partial charge is 0.253 e. The Morgan fingerprint density at radius 1 is 0.848 bits per heavy atom. The number of anilines is 1. The lowest BCUT2D eigenvalue weighted by Gasteiger charge is -2.38. The van der Waals surface area contributed by atoms with Gasteiger partial charge in [-0.05, 0) is 66.1 Å². The summed E-state index contributed by atoms with van der Waals surface area (Å²) in [5.41, 5.74) is 4.84. The van der Waals surface area contributed by atoms with Gasteiger partial charge in [0.05, 0.1) is 11.6 Å². The van der Waals surface area contributed by atoms with Crippen molar-refractivity contribution in [1.29, 1.82) is 0 Å². The van der Waals surface area contributed by atoms with Crippen LogP contribution < -0.4 is 20.9 Å². The van der Waals surface area contributed by atoms with E-state index in [0.717, 1.165) is 23.4 Å². The van der Waals surface area contributed by atoms with E-state index < -0.39 is 12.1 Å². The van der Waals surface area contributed by atoms with Gasteiger partial charge in [-0.1, -0.05) is 79.4 Å².